The topological polar surface area (TPSA) is 46.6 Å². The fourth-order valence-corrected chi connectivity index (χ4v) is 5.65. The van der Waals surface area contributed by atoms with Gasteiger partial charge < -0.3 is 4.74 Å². The highest BCUT2D eigenvalue weighted by molar-refractivity contribution is 7.91. The number of morpholine rings is 1. The minimum absolute atomic E-state index is 0.238. The van der Waals surface area contributed by atoms with Crippen molar-refractivity contribution in [2.45, 2.75) is 10.3 Å². The Morgan fingerprint density at radius 1 is 1.18 bits per heavy atom. The minimum Gasteiger partial charge on any atom is -0.371 e. The van der Waals surface area contributed by atoms with Crippen LogP contribution in [-0.2, 0) is 14.8 Å². The average Bonchev–Trinajstić information content (AvgIpc) is 2.95. The lowest BCUT2D eigenvalue weighted by molar-refractivity contribution is -0.00244. The van der Waals surface area contributed by atoms with Gasteiger partial charge in [0.25, 0.3) is 10.0 Å². The van der Waals surface area contributed by atoms with Crippen LogP contribution in [0.25, 0.3) is 0 Å². The number of thiophene rings is 1. The Morgan fingerprint density at radius 3 is 2.64 bits per heavy atom. The van der Waals surface area contributed by atoms with Gasteiger partial charge in [0.05, 0.1) is 17.0 Å². The van der Waals surface area contributed by atoms with Gasteiger partial charge >= 0.3 is 0 Å². The fraction of sp³-hybridized carbons (Fsp3) is 0.286. The molecule has 2 aromatic rings. The monoisotopic (exact) mass is 377 g/mol. The normalized spacial score (nSPS) is 20.2. The second-order valence-electron chi connectivity index (χ2n) is 4.80. The fourth-order valence-electron chi connectivity index (χ4n) is 2.33. The number of nitrogens with zero attached hydrogens (tertiary/aromatic N) is 1. The highest BCUT2D eigenvalue weighted by Crippen LogP contribution is 2.33. The zero-order valence-electron chi connectivity index (χ0n) is 11.4. The second-order valence-corrected chi connectivity index (χ2v) is 9.09. The van der Waals surface area contributed by atoms with Crippen molar-refractivity contribution in [3.8, 4) is 0 Å². The van der Waals surface area contributed by atoms with E-state index in [9.17, 15) is 8.42 Å². The van der Waals surface area contributed by atoms with E-state index in [1.165, 1.54) is 10.4 Å². The van der Waals surface area contributed by atoms with Crippen LogP contribution in [0.4, 0.5) is 0 Å². The summed E-state index contributed by atoms with van der Waals surface area (Å²) in [6.45, 7) is 0.884. The van der Waals surface area contributed by atoms with Crippen LogP contribution >= 0.6 is 34.5 Å². The maximum absolute atomic E-state index is 12.7. The molecule has 0 radical (unpaired) electrons. The third-order valence-electron chi connectivity index (χ3n) is 3.42. The molecule has 1 aromatic carbocycles. The van der Waals surface area contributed by atoms with Gasteiger partial charge in [0.1, 0.15) is 4.21 Å². The molecule has 1 aliphatic rings. The molecule has 3 rings (SSSR count). The molecule has 0 bridgehead atoms. The zero-order valence-corrected chi connectivity index (χ0v) is 14.6. The standard InChI is InChI=1S/C14H13Cl2NO3S2/c15-11-4-2-1-3-10(11)12-9-17(7-8-20-12)22(18,19)14-6-5-13(16)21-14/h1-6,12H,7-9H2. The molecule has 0 saturated carbocycles. The Balaban J connectivity index is 1.86. The molecular weight excluding hydrogens is 365 g/mol. The number of halogens is 2. The molecular formula is C14H13Cl2NO3S2. The van der Waals surface area contributed by atoms with Gasteiger partial charge in [0.2, 0.25) is 0 Å². The summed E-state index contributed by atoms with van der Waals surface area (Å²) >= 11 is 13.1. The molecule has 1 saturated heterocycles. The summed E-state index contributed by atoms with van der Waals surface area (Å²) in [6, 6.07) is 10.4. The molecule has 0 aliphatic carbocycles. The highest BCUT2D eigenvalue weighted by atomic mass is 35.5. The van der Waals surface area contributed by atoms with Gasteiger partial charge in [0.15, 0.2) is 0 Å². The third kappa shape index (κ3) is 3.18. The van der Waals surface area contributed by atoms with Crippen LogP contribution in [0.2, 0.25) is 9.36 Å². The highest BCUT2D eigenvalue weighted by Gasteiger charge is 2.33. The van der Waals surface area contributed by atoms with Crippen molar-refractivity contribution in [1.82, 2.24) is 4.31 Å². The van der Waals surface area contributed by atoms with E-state index in [1.54, 1.807) is 12.1 Å². The molecule has 4 nitrogen and oxygen atoms in total. The summed E-state index contributed by atoms with van der Waals surface area (Å²) in [5.41, 5.74) is 0.799. The van der Waals surface area contributed by atoms with Crippen LogP contribution in [0.5, 0.6) is 0 Å². The summed E-state index contributed by atoms with van der Waals surface area (Å²) in [5, 5.41) is 0.575. The van der Waals surface area contributed by atoms with Crippen LogP contribution in [0.3, 0.4) is 0 Å². The number of hydrogen-bond donors (Lipinski definition) is 0. The van der Waals surface area contributed by atoms with Gasteiger partial charge in [-0.25, -0.2) is 8.42 Å². The Morgan fingerprint density at radius 2 is 1.95 bits per heavy atom. The Kier molecular flexibility index (Phi) is 4.77. The molecule has 0 N–H and O–H groups in total. The van der Waals surface area contributed by atoms with Crippen LogP contribution in [-0.4, -0.2) is 32.4 Å². The number of sulfonamides is 1. The molecule has 0 amide bonds. The maximum atomic E-state index is 12.7. The van der Waals surface area contributed by atoms with Crippen molar-refractivity contribution in [1.29, 1.82) is 0 Å². The van der Waals surface area contributed by atoms with E-state index < -0.39 is 10.0 Å². The minimum atomic E-state index is -3.55. The number of rotatable bonds is 3. The van der Waals surface area contributed by atoms with Gasteiger partial charge in [-0.1, -0.05) is 41.4 Å². The lowest BCUT2D eigenvalue weighted by atomic mass is 10.1. The molecule has 1 fully saturated rings. The molecule has 8 heteroatoms. The van der Waals surface area contributed by atoms with E-state index in [4.69, 9.17) is 27.9 Å². The Labute approximate surface area is 143 Å². The van der Waals surface area contributed by atoms with Crippen molar-refractivity contribution >= 4 is 44.6 Å². The first kappa shape index (κ1) is 16.2. The maximum Gasteiger partial charge on any atom is 0.252 e. The van der Waals surface area contributed by atoms with Gasteiger partial charge in [-0.15, -0.1) is 11.3 Å². The van der Waals surface area contributed by atoms with Gasteiger partial charge in [-0.2, -0.15) is 4.31 Å². The lowest BCUT2D eigenvalue weighted by Crippen LogP contribution is -2.42. The smallest absolute Gasteiger partial charge is 0.252 e. The van der Waals surface area contributed by atoms with Crippen LogP contribution in [0.1, 0.15) is 11.7 Å². The zero-order chi connectivity index (χ0) is 15.7. The predicted molar refractivity (Wildman–Crippen MR) is 88.2 cm³/mol. The Bertz CT molecular complexity index is 776. The summed E-state index contributed by atoms with van der Waals surface area (Å²) in [6.07, 6.45) is -0.368. The summed E-state index contributed by atoms with van der Waals surface area (Å²) in [4.78, 5) is 0. The SMILES string of the molecule is O=S(=O)(c1ccc(Cl)s1)N1CCOC(c2ccccc2Cl)C1. The van der Waals surface area contributed by atoms with Crippen molar-refractivity contribution in [3.63, 3.8) is 0 Å². The molecule has 1 aliphatic heterocycles. The first-order valence-corrected chi connectivity index (χ1v) is 9.61. The van der Waals surface area contributed by atoms with Gasteiger partial charge in [0, 0.05) is 23.7 Å². The van der Waals surface area contributed by atoms with E-state index in [0.29, 0.717) is 22.5 Å². The molecule has 2 heterocycles. The van der Waals surface area contributed by atoms with Crippen molar-refractivity contribution in [3.05, 3.63) is 51.3 Å². The largest absolute Gasteiger partial charge is 0.371 e. The first-order chi connectivity index (χ1) is 10.5. The Hall–Kier alpha value is -0.630. The molecule has 0 spiro atoms. The predicted octanol–water partition coefficient (Wildman–Crippen LogP) is 3.82. The average molecular weight is 378 g/mol. The van der Waals surface area contributed by atoms with Crippen LogP contribution < -0.4 is 0 Å². The molecule has 22 heavy (non-hydrogen) atoms. The van der Waals surface area contributed by atoms with Crippen molar-refractivity contribution in [2.24, 2.45) is 0 Å². The summed E-state index contributed by atoms with van der Waals surface area (Å²) in [5.74, 6) is 0. The quantitative estimate of drug-likeness (QED) is 0.816. The van der Waals surface area contributed by atoms with E-state index in [0.717, 1.165) is 16.9 Å². The van der Waals surface area contributed by atoms with Crippen LogP contribution in [0.15, 0.2) is 40.6 Å². The van der Waals surface area contributed by atoms with Crippen molar-refractivity contribution in [2.75, 3.05) is 19.7 Å². The number of hydrogen-bond acceptors (Lipinski definition) is 4. The molecule has 1 aromatic heterocycles. The lowest BCUT2D eigenvalue weighted by Gasteiger charge is -2.32. The van der Waals surface area contributed by atoms with Gasteiger partial charge in [-0.05, 0) is 18.2 Å². The third-order valence-corrected chi connectivity index (χ3v) is 7.33. The van der Waals surface area contributed by atoms with Gasteiger partial charge in [-0.3, -0.25) is 0 Å². The van der Waals surface area contributed by atoms with E-state index in [1.807, 2.05) is 18.2 Å². The molecule has 1 unspecified atom stereocenters. The number of ether oxygens (including phenoxy) is 1. The van der Waals surface area contributed by atoms with Crippen molar-refractivity contribution < 1.29 is 13.2 Å². The number of benzene rings is 1. The summed E-state index contributed by atoms with van der Waals surface area (Å²) in [7, 11) is -3.55. The molecule has 1 atom stereocenters. The summed E-state index contributed by atoms with van der Waals surface area (Å²) < 4.78 is 33.1. The van der Waals surface area contributed by atoms with E-state index in [-0.39, 0.29) is 16.9 Å². The van der Waals surface area contributed by atoms with E-state index >= 15 is 0 Å². The second kappa shape index (κ2) is 6.47. The van der Waals surface area contributed by atoms with Crippen LogP contribution in [0, 0.1) is 0 Å². The molecule has 118 valence electrons. The first-order valence-electron chi connectivity index (χ1n) is 6.60. The van der Waals surface area contributed by atoms with E-state index in [2.05, 4.69) is 0 Å².